The van der Waals surface area contributed by atoms with E-state index in [1.165, 1.54) is 0 Å². The summed E-state index contributed by atoms with van der Waals surface area (Å²) in [6, 6.07) is 0. The average Bonchev–Trinajstić information content (AvgIpc) is 1.41. The van der Waals surface area contributed by atoms with Crippen molar-refractivity contribution in [2.24, 2.45) is 0 Å². The highest BCUT2D eigenvalue weighted by atomic mass is 19.1. The number of carbonyl (C=O) groups is 1. The molecule has 0 atom stereocenters. The summed E-state index contributed by atoms with van der Waals surface area (Å²) in [5.74, 6) is 0. The third-order valence-corrected chi connectivity index (χ3v) is 0. The highest BCUT2D eigenvalue weighted by molar-refractivity contribution is 5.54. The molecule has 4 nitrogen and oxygen atoms in total. The van der Waals surface area contributed by atoms with Gasteiger partial charge in [-0.15, -0.1) is 4.39 Å². The molecule has 0 aromatic rings. The van der Waals surface area contributed by atoms with E-state index in [9.17, 15) is 4.39 Å². The van der Waals surface area contributed by atoms with Crippen molar-refractivity contribution < 1.29 is 14.3 Å². The fraction of sp³-hybridized carbons (Fsp3) is 0. The number of hydrogen-bond acceptors (Lipinski definition) is 3. The second kappa shape index (κ2) is 9.17. The average molecular weight is 92.0 g/mol. The molecule has 1 N–H and O–H groups in total. The zero-order valence-electron chi connectivity index (χ0n) is 2.63. The van der Waals surface area contributed by atoms with Crippen molar-refractivity contribution in [3.05, 3.63) is 0 Å². The summed E-state index contributed by atoms with van der Waals surface area (Å²) in [4.78, 5) is 8.33. The van der Waals surface area contributed by atoms with Crippen LogP contribution in [0.1, 0.15) is 0 Å². The molecule has 0 bridgehead atoms. The Hall–Kier alpha value is -1.18. The quantitative estimate of drug-likeness (QED) is 0.351. The fourth-order valence-electron chi connectivity index (χ4n) is 0. The molecule has 0 aromatic heterocycles. The van der Waals surface area contributed by atoms with E-state index in [1.54, 1.807) is 0 Å². The standard InChI is InChI=1S/CHFO2.N2/c2-1(3)4;1-2/h(H,3,4);. The minimum Gasteiger partial charge on any atom is -0.456 e. The molecule has 34 valence electrons. The van der Waals surface area contributed by atoms with E-state index in [2.05, 4.69) is 0 Å². The van der Waals surface area contributed by atoms with Crippen LogP contribution in [0.5, 0.6) is 0 Å². The van der Waals surface area contributed by atoms with Gasteiger partial charge in [-0.25, -0.2) is 4.79 Å². The summed E-state index contributed by atoms with van der Waals surface area (Å²) in [5, 5.41) is 18.8. The lowest BCUT2D eigenvalue weighted by atomic mass is 11.5. The summed E-state index contributed by atoms with van der Waals surface area (Å²) < 4.78 is 9.92. The lowest BCUT2D eigenvalue weighted by Gasteiger charge is -1.53. The van der Waals surface area contributed by atoms with E-state index in [0.29, 0.717) is 0 Å². The Kier molecular flexibility index (Phi) is 13.5. The molecule has 0 aliphatic carbocycles. The van der Waals surface area contributed by atoms with E-state index in [-0.39, 0.29) is 0 Å². The Labute approximate surface area is 32.6 Å². The van der Waals surface area contributed by atoms with Crippen LogP contribution in [0.4, 0.5) is 9.18 Å². The number of halogens is 1. The molecule has 0 fully saturated rings. The fourth-order valence-corrected chi connectivity index (χ4v) is 0. The molecule has 0 aromatic carbocycles. The largest absolute Gasteiger partial charge is 0.492 e. The van der Waals surface area contributed by atoms with Crippen molar-refractivity contribution >= 4 is 6.22 Å². The van der Waals surface area contributed by atoms with Gasteiger partial charge >= 0.3 is 6.22 Å². The molecule has 0 heterocycles. The normalized spacial score (nSPS) is 4.50. The first-order valence-corrected chi connectivity index (χ1v) is 0.817. The molecular weight excluding hydrogens is 91.0 g/mol. The van der Waals surface area contributed by atoms with Crippen molar-refractivity contribution in [2.75, 3.05) is 0 Å². The van der Waals surface area contributed by atoms with Crippen molar-refractivity contribution in [3.8, 4) is 0 Å². The number of carboxylic acid groups (broad SMARTS) is 1. The van der Waals surface area contributed by atoms with E-state index >= 15 is 0 Å². The molecule has 6 heavy (non-hydrogen) atoms. The van der Waals surface area contributed by atoms with Crippen molar-refractivity contribution in [1.29, 1.82) is 10.8 Å². The minimum atomic E-state index is -2.33. The van der Waals surface area contributed by atoms with E-state index < -0.39 is 6.22 Å². The Bertz CT molecular complexity index is 55.8. The van der Waals surface area contributed by atoms with Crippen LogP contribution in [-0.4, -0.2) is 11.3 Å². The Morgan fingerprint density at radius 3 is 1.67 bits per heavy atom. The SMILES string of the molecule is N#N.O=C(O)F. The zero-order valence-corrected chi connectivity index (χ0v) is 2.63. The molecule has 0 radical (unpaired) electrons. The molecule has 0 saturated carbocycles. The summed E-state index contributed by atoms with van der Waals surface area (Å²) in [7, 11) is 0. The lowest BCUT2D eigenvalue weighted by molar-refractivity contribution is 0.169. The van der Waals surface area contributed by atoms with Crippen LogP contribution in [0, 0.1) is 10.8 Å². The first-order chi connectivity index (χ1) is 2.73. The highest BCUT2D eigenvalue weighted by Gasteiger charge is 1.74. The van der Waals surface area contributed by atoms with Gasteiger partial charge < -0.3 is 5.11 Å². The first-order valence-electron chi connectivity index (χ1n) is 0.817. The molecule has 5 heteroatoms. The van der Waals surface area contributed by atoms with Gasteiger partial charge in [-0.3, -0.25) is 0 Å². The van der Waals surface area contributed by atoms with Gasteiger partial charge in [0.2, 0.25) is 0 Å². The maximum absolute atomic E-state index is 9.92. The maximum Gasteiger partial charge on any atom is 0.492 e. The zero-order chi connectivity index (χ0) is 5.58. The number of nitrogens with zero attached hydrogens (tertiary/aromatic N) is 2. The van der Waals surface area contributed by atoms with Crippen molar-refractivity contribution in [2.45, 2.75) is 0 Å². The Morgan fingerprint density at radius 2 is 1.67 bits per heavy atom. The van der Waals surface area contributed by atoms with Crippen molar-refractivity contribution in [1.82, 2.24) is 0 Å². The van der Waals surface area contributed by atoms with Gasteiger partial charge in [0, 0.05) is 10.8 Å². The van der Waals surface area contributed by atoms with E-state index in [1.807, 2.05) is 0 Å². The molecule has 0 rings (SSSR count). The maximum atomic E-state index is 9.92. The summed E-state index contributed by atoms with van der Waals surface area (Å²) in [6.45, 7) is 0. The predicted octanol–water partition coefficient (Wildman–Crippen LogP) is 0.664. The predicted molar refractivity (Wildman–Crippen MR) is 12.6 cm³/mol. The third kappa shape index (κ3) is 6.71. The van der Waals surface area contributed by atoms with E-state index in [0.717, 1.165) is 0 Å². The van der Waals surface area contributed by atoms with Crippen LogP contribution < -0.4 is 0 Å². The van der Waals surface area contributed by atoms with Crippen molar-refractivity contribution in [3.63, 3.8) is 0 Å². The molecule has 0 aliphatic rings. The number of hydrogen-bond donors (Lipinski definition) is 1. The third-order valence-electron chi connectivity index (χ3n) is 0. The van der Waals surface area contributed by atoms with Crippen LogP contribution in [0.25, 0.3) is 0 Å². The highest BCUT2D eigenvalue weighted by Crippen LogP contribution is 1.58. The monoisotopic (exact) mass is 92.0 g/mol. The topological polar surface area (TPSA) is 84.9 Å². The second-order valence-electron chi connectivity index (χ2n) is 0.253. The van der Waals surface area contributed by atoms with Gasteiger partial charge in [0.05, 0.1) is 0 Å². The lowest BCUT2D eigenvalue weighted by Crippen LogP contribution is -1.69. The Morgan fingerprint density at radius 1 is 1.67 bits per heavy atom. The summed E-state index contributed by atoms with van der Waals surface area (Å²) in [6.07, 6.45) is -2.33. The molecule has 0 amide bonds. The Balaban J connectivity index is 0. The first kappa shape index (κ1) is 8.84. The smallest absolute Gasteiger partial charge is 0.456 e. The molecular formula is CHFN2O2. The van der Waals surface area contributed by atoms with Crippen LogP contribution in [-0.2, 0) is 0 Å². The number of rotatable bonds is 0. The second-order valence-corrected chi connectivity index (χ2v) is 0.253. The summed E-state index contributed by atoms with van der Waals surface area (Å²) in [5.41, 5.74) is 0. The molecule has 0 spiro atoms. The van der Waals surface area contributed by atoms with Crippen LogP contribution in [0.3, 0.4) is 0 Å². The van der Waals surface area contributed by atoms with Crippen LogP contribution >= 0.6 is 0 Å². The van der Waals surface area contributed by atoms with Crippen LogP contribution in [0.15, 0.2) is 0 Å². The van der Waals surface area contributed by atoms with Crippen LogP contribution in [0.2, 0.25) is 0 Å². The molecule has 0 aliphatic heterocycles. The minimum absolute atomic E-state index is 2.33. The van der Waals surface area contributed by atoms with E-state index in [4.69, 9.17) is 20.7 Å². The van der Waals surface area contributed by atoms with Gasteiger partial charge in [-0.05, 0) is 0 Å². The van der Waals surface area contributed by atoms with Gasteiger partial charge in [0.25, 0.3) is 0 Å². The van der Waals surface area contributed by atoms with Gasteiger partial charge in [0.15, 0.2) is 0 Å². The molecule has 0 saturated heterocycles. The van der Waals surface area contributed by atoms with Gasteiger partial charge in [-0.1, -0.05) is 0 Å². The molecule has 0 unspecified atom stereocenters. The van der Waals surface area contributed by atoms with Gasteiger partial charge in [0.1, 0.15) is 0 Å². The van der Waals surface area contributed by atoms with Gasteiger partial charge in [-0.2, -0.15) is 0 Å². The summed E-state index contributed by atoms with van der Waals surface area (Å²) >= 11 is 0.